The predicted molar refractivity (Wildman–Crippen MR) is 88.1 cm³/mol. The van der Waals surface area contributed by atoms with Crippen LogP contribution in [0, 0.1) is 17.3 Å². The molecule has 3 unspecified atom stereocenters. The van der Waals surface area contributed by atoms with Crippen molar-refractivity contribution in [3.05, 3.63) is 0 Å². The third-order valence-electron chi connectivity index (χ3n) is 5.62. The SMILES string of the molecule is CCCNCC1(CN2CCC(CC)C2)CCCC(C)C1. The van der Waals surface area contributed by atoms with Gasteiger partial charge in [0.05, 0.1) is 0 Å². The summed E-state index contributed by atoms with van der Waals surface area (Å²) >= 11 is 0. The second-order valence-corrected chi connectivity index (χ2v) is 7.68. The third-order valence-corrected chi connectivity index (χ3v) is 5.62. The molecule has 0 aromatic heterocycles. The van der Waals surface area contributed by atoms with Crippen molar-refractivity contribution < 1.29 is 0 Å². The van der Waals surface area contributed by atoms with E-state index < -0.39 is 0 Å². The van der Waals surface area contributed by atoms with Gasteiger partial charge in [-0.15, -0.1) is 0 Å². The maximum Gasteiger partial charge on any atom is 0.00504 e. The summed E-state index contributed by atoms with van der Waals surface area (Å²) in [5.74, 6) is 1.90. The Labute approximate surface area is 126 Å². The minimum atomic E-state index is 0.565. The number of nitrogens with zero attached hydrogens (tertiary/aromatic N) is 1. The summed E-state index contributed by atoms with van der Waals surface area (Å²) in [6.07, 6.45) is 9.84. The Bertz CT molecular complexity index is 279. The zero-order chi connectivity index (χ0) is 14.4. The Hall–Kier alpha value is -0.0800. The second kappa shape index (κ2) is 7.79. The molecule has 1 N–H and O–H groups in total. The van der Waals surface area contributed by atoms with Gasteiger partial charge in [-0.25, -0.2) is 0 Å². The third kappa shape index (κ3) is 4.46. The molecular formula is C18H36N2. The fourth-order valence-electron chi connectivity index (χ4n) is 4.52. The molecule has 1 aliphatic carbocycles. The van der Waals surface area contributed by atoms with Crippen LogP contribution in [0.5, 0.6) is 0 Å². The lowest BCUT2D eigenvalue weighted by Crippen LogP contribution is -2.46. The van der Waals surface area contributed by atoms with E-state index in [0.717, 1.165) is 11.8 Å². The van der Waals surface area contributed by atoms with Crippen molar-refractivity contribution in [1.29, 1.82) is 0 Å². The van der Waals surface area contributed by atoms with Gasteiger partial charge >= 0.3 is 0 Å². The van der Waals surface area contributed by atoms with Crippen molar-refractivity contribution in [2.45, 2.75) is 65.7 Å². The zero-order valence-electron chi connectivity index (χ0n) is 14.1. The molecule has 0 spiro atoms. The molecule has 0 aromatic carbocycles. The van der Waals surface area contributed by atoms with Gasteiger partial charge in [0.2, 0.25) is 0 Å². The average molecular weight is 280 g/mol. The average Bonchev–Trinajstić information content (AvgIpc) is 2.86. The fourth-order valence-corrected chi connectivity index (χ4v) is 4.52. The van der Waals surface area contributed by atoms with Crippen LogP contribution in [0.2, 0.25) is 0 Å². The van der Waals surface area contributed by atoms with E-state index in [9.17, 15) is 0 Å². The molecular weight excluding hydrogens is 244 g/mol. The van der Waals surface area contributed by atoms with Crippen LogP contribution in [0.15, 0.2) is 0 Å². The van der Waals surface area contributed by atoms with Gasteiger partial charge in [0.1, 0.15) is 0 Å². The molecule has 0 radical (unpaired) electrons. The van der Waals surface area contributed by atoms with Crippen LogP contribution < -0.4 is 5.32 Å². The minimum absolute atomic E-state index is 0.565. The van der Waals surface area contributed by atoms with Gasteiger partial charge in [-0.3, -0.25) is 0 Å². The van der Waals surface area contributed by atoms with Gasteiger partial charge in [-0.2, -0.15) is 0 Å². The fraction of sp³-hybridized carbons (Fsp3) is 1.00. The van der Waals surface area contributed by atoms with Gasteiger partial charge in [0, 0.05) is 19.6 Å². The Morgan fingerprint density at radius 3 is 2.75 bits per heavy atom. The summed E-state index contributed by atoms with van der Waals surface area (Å²) in [5.41, 5.74) is 0.565. The lowest BCUT2D eigenvalue weighted by Gasteiger charge is -2.43. The van der Waals surface area contributed by atoms with Crippen molar-refractivity contribution in [3.63, 3.8) is 0 Å². The molecule has 1 aliphatic heterocycles. The molecule has 0 aromatic rings. The predicted octanol–water partition coefficient (Wildman–Crippen LogP) is 3.91. The van der Waals surface area contributed by atoms with E-state index in [1.165, 1.54) is 77.7 Å². The quantitative estimate of drug-likeness (QED) is 0.711. The van der Waals surface area contributed by atoms with Crippen LogP contribution in [-0.4, -0.2) is 37.6 Å². The Balaban J connectivity index is 1.91. The highest BCUT2D eigenvalue weighted by Gasteiger charge is 2.37. The van der Waals surface area contributed by atoms with Crippen LogP contribution in [0.4, 0.5) is 0 Å². The molecule has 1 saturated carbocycles. The van der Waals surface area contributed by atoms with E-state index in [2.05, 4.69) is 31.0 Å². The Kier molecular flexibility index (Phi) is 6.35. The maximum atomic E-state index is 3.74. The zero-order valence-corrected chi connectivity index (χ0v) is 14.1. The second-order valence-electron chi connectivity index (χ2n) is 7.68. The smallest absolute Gasteiger partial charge is 0.00504 e. The topological polar surface area (TPSA) is 15.3 Å². The molecule has 0 amide bonds. The van der Waals surface area contributed by atoms with E-state index in [-0.39, 0.29) is 0 Å². The highest BCUT2D eigenvalue weighted by Crippen LogP contribution is 2.40. The van der Waals surface area contributed by atoms with Crippen LogP contribution in [0.1, 0.15) is 65.7 Å². The summed E-state index contributed by atoms with van der Waals surface area (Å²) in [7, 11) is 0. The van der Waals surface area contributed by atoms with Crippen LogP contribution >= 0.6 is 0 Å². The first kappa shape index (κ1) is 16.3. The molecule has 2 aliphatic rings. The summed E-state index contributed by atoms with van der Waals surface area (Å²) in [4.78, 5) is 2.78. The number of likely N-dealkylation sites (tertiary alicyclic amines) is 1. The molecule has 1 saturated heterocycles. The van der Waals surface area contributed by atoms with Gasteiger partial charge in [0.15, 0.2) is 0 Å². The largest absolute Gasteiger partial charge is 0.316 e. The number of nitrogens with one attached hydrogen (secondary N) is 1. The Morgan fingerprint density at radius 2 is 2.10 bits per heavy atom. The molecule has 1 heterocycles. The molecule has 2 rings (SSSR count). The summed E-state index contributed by atoms with van der Waals surface area (Å²) in [6, 6.07) is 0. The van der Waals surface area contributed by atoms with Crippen molar-refractivity contribution in [1.82, 2.24) is 10.2 Å². The Morgan fingerprint density at radius 1 is 1.25 bits per heavy atom. The molecule has 118 valence electrons. The summed E-state index contributed by atoms with van der Waals surface area (Å²) < 4.78 is 0. The van der Waals surface area contributed by atoms with Crippen LogP contribution in [0.25, 0.3) is 0 Å². The molecule has 0 bridgehead atoms. The van der Waals surface area contributed by atoms with Crippen molar-refractivity contribution in [2.75, 3.05) is 32.7 Å². The van der Waals surface area contributed by atoms with E-state index in [4.69, 9.17) is 0 Å². The number of hydrogen-bond donors (Lipinski definition) is 1. The van der Waals surface area contributed by atoms with Crippen molar-refractivity contribution in [3.8, 4) is 0 Å². The normalized spacial score (nSPS) is 35.5. The van der Waals surface area contributed by atoms with Crippen molar-refractivity contribution in [2.24, 2.45) is 17.3 Å². The van der Waals surface area contributed by atoms with Crippen LogP contribution in [-0.2, 0) is 0 Å². The standard InChI is InChI=1S/C18H36N2/c1-4-10-19-14-18(9-6-7-16(3)12-18)15-20-11-8-17(5-2)13-20/h16-17,19H,4-15H2,1-3H3. The lowest BCUT2D eigenvalue weighted by molar-refractivity contribution is 0.0895. The van der Waals surface area contributed by atoms with E-state index in [1.54, 1.807) is 0 Å². The van der Waals surface area contributed by atoms with Crippen molar-refractivity contribution >= 4 is 0 Å². The van der Waals surface area contributed by atoms with Gasteiger partial charge in [-0.1, -0.05) is 40.0 Å². The first-order chi connectivity index (χ1) is 9.67. The molecule has 2 fully saturated rings. The van der Waals surface area contributed by atoms with E-state index in [0.29, 0.717) is 5.41 Å². The maximum absolute atomic E-state index is 3.74. The minimum Gasteiger partial charge on any atom is -0.316 e. The lowest BCUT2D eigenvalue weighted by atomic mass is 9.69. The van der Waals surface area contributed by atoms with Gasteiger partial charge in [0.25, 0.3) is 0 Å². The highest BCUT2D eigenvalue weighted by molar-refractivity contribution is 4.91. The first-order valence-electron chi connectivity index (χ1n) is 9.10. The number of rotatable bonds is 7. The van der Waals surface area contributed by atoms with E-state index in [1.807, 2.05) is 0 Å². The first-order valence-corrected chi connectivity index (χ1v) is 9.10. The highest BCUT2D eigenvalue weighted by atomic mass is 15.2. The van der Waals surface area contributed by atoms with Gasteiger partial charge < -0.3 is 10.2 Å². The summed E-state index contributed by atoms with van der Waals surface area (Å²) in [6.45, 7) is 13.6. The summed E-state index contributed by atoms with van der Waals surface area (Å²) in [5, 5.41) is 3.74. The molecule has 2 nitrogen and oxygen atoms in total. The number of hydrogen-bond acceptors (Lipinski definition) is 2. The van der Waals surface area contributed by atoms with E-state index >= 15 is 0 Å². The molecule has 2 heteroatoms. The van der Waals surface area contributed by atoms with Crippen LogP contribution in [0.3, 0.4) is 0 Å². The van der Waals surface area contributed by atoms with Gasteiger partial charge in [-0.05, 0) is 56.0 Å². The monoisotopic (exact) mass is 280 g/mol. The molecule has 20 heavy (non-hydrogen) atoms. The molecule has 3 atom stereocenters.